The third-order valence-electron chi connectivity index (χ3n) is 4.59. The van der Waals surface area contributed by atoms with Crippen LogP contribution in [-0.4, -0.2) is 4.98 Å². The first-order valence-electron chi connectivity index (χ1n) is 7.85. The maximum atomic E-state index is 6.43. The Kier molecular flexibility index (Phi) is 4.02. The highest BCUT2D eigenvalue weighted by Gasteiger charge is 2.17. The van der Waals surface area contributed by atoms with E-state index in [0.717, 1.165) is 23.5 Å². The van der Waals surface area contributed by atoms with Gasteiger partial charge in [-0.3, -0.25) is 4.98 Å². The van der Waals surface area contributed by atoms with Gasteiger partial charge in [-0.1, -0.05) is 44.2 Å². The summed E-state index contributed by atoms with van der Waals surface area (Å²) in [5.41, 5.74) is 9.82. The van der Waals surface area contributed by atoms with Crippen molar-refractivity contribution in [3.05, 3.63) is 41.6 Å². The lowest BCUT2D eigenvalue weighted by Gasteiger charge is -2.24. The monoisotopic (exact) mass is 268 g/mol. The van der Waals surface area contributed by atoms with Crippen molar-refractivity contribution in [2.24, 2.45) is 11.7 Å². The quantitative estimate of drug-likeness (QED) is 0.889. The van der Waals surface area contributed by atoms with Gasteiger partial charge in [0.2, 0.25) is 0 Å². The fourth-order valence-electron chi connectivity index (χ4n) is 3.39. The molecule has 0 radical (unpaired) electrons. The zero-order valence-electron chi connectivity index (χ0n) is 12.3. The minimum atomic E-state index is 0.170. The summed E-state index contributed by atoms with van der Waals surface area (Å²) in [4.78, 5) is 4.55. The first kappa shape index (κ1) is 13.6. The predicted molar refractivity (Wildman–Crippen MR) is 84.6 cm³/mol. The summed E-state index contributed by atoms with van der Waals surface area (Å²) in [6.07, 6.45) is 8.04. The van der Waals surface area contributed by atoms with Crippen molar-refractivity contribution in [2.75, 3.05) is 0 Å². The molecule has 0 aliphatic heterocycles. The van der Waals surface area contributed by atoms with Gasteiger partial charge in [0.1, 0.15) is 0 Å². The first-order chi connectivity index (χ1) is 9.72. The molecule has 1 aromatic carbocycles. The fourth-order valence-corrected chi connectivity index (χ4v) is 3.39. The molecule has 1 unspecified atom stereocenters. The zero-order chi connectivity index (χ0) is 13.9. The third-order valence-corrected chi connectivity index (χ3v) is 4.59. The number of benzene rings is 1. The molecule has 2 aromatic rings. The van der Waals surface area contributed by atoms with Gasteiger partial charge in [0, 0.05) is 17.1 Å². The van der Waals surface area contributed by atoms with Crippen LogP contribution in [0.5, 0.6) is 0 Å². The largest absolute Gasteiger partial charge is 0.324 e. The molecule has 0 saturated heterocycles. The summed E-state index contributed by atoms with van der Waals surface area (Å²) in [5, 5.41) is 1.20. The van der Waals surface area contributed by atoms with Crippen LogP contribution < -0.4 is 5.73 Å². The molecule has 20 heavy (non-hydrogen) atoms. The molecule has 0 spiro atoms. The molecule has 0 bridgehead atoms. The standard InChI is InChI=1S/C18H24N2/c1-13-7-8-16-12-15(9-10-18(16)20-13)17(19)11-14-5-3-2-4-6-14/h7-10,12,14,17H,2-6,11,19H2,1H3. The maximum Gasteiger partial charge on any atom is 0.0705 e. The van der Waals surface area contributed by atoms with Crippen molar-refractivity contribution in [2.45, 2.75) is 51.5 Å². The van der Waals surface area contributed by atoms with E-state index >= 15 is 0 Å². The molecule has 2 N–H and O–H groups in total. The number of hydrogen-bond donors (Lipinski definition) is 1. The van der Waals surface area contributed by atoms with E-state index in [1.54, 1.807) is 0 Å². The van der Waals surface area contributed by atoms with Crippen LogP contribution in [0, 0.1) is 12.8 Å². The molecule has 1 atom stereocenters. The molecule has 1 fully saturated rings. The Morgan fingerprint density at radius 3 is 2.75 bits per heavy atom. The van der Waals surface area contributed by atoms with Crippen LogP contribution in [-0.2, 0) is 0 Å². The minimum absolute atomic E-state index is 0.170. The normalized spacial score (nSPS) is 18.3. The Hall–Kier alpha value is -1.41. The van der Waals surface area contributed by atoms with Crippen LogP contribution in [0.2, 0.25) is 0 Å². The van der Waals surface area contributed by atoms with Crippen LogP contribution >= 0.6 is 0 Å². The Labute approximate surface area is 121 Å². The van der Waals surface area contributed by atoms with Crippen molar-refractivity contribution in [1.82, 2.24) is 4.98 Å². The molecule has 2 heteroatoms. The van der Waals surface area contributed by atoms with E-state index in [4.69, 9.17) is 5.73 Å². The second kappa shape index (κ2) is 5.92. The van der Waals surface area contributed by atoms with E-state index in [2.05, 4.69) is 35.3 Å². The first-order valence-corrected chi connectivity index (χ1v) is 7.85. The molecule has 106 valence electrons. The second-order valence-electron chi connectivity index (χ2n) is 6.25. The minimum Gasteiger partial charge on any atom is -0.324 e. The van der Waals surface area contributed by atoms with E-state index in [9.17, 15) is 0 Å². The van der Waals surface area contributed by atoms with Crippen molar-refractivity contribution in [1.29, 1.82) is 0 Å². The second-order valence-corrected chi connectivity index (χ2v) is 6.25. The highest BCUT2D eigenvalue weighted by molar-refractivity contribution is 5.79. The summed E-state index contributed by atoms with van der Waals surface area (Å²) < 4.78 is 0. The Morgan fingerprint density at radius 1 is 1.15 bits per heavy atom. The number of hydrogen-bond acceptors (Lipinski definition) is 2. The van der Waals surface area contributed by atoms with E-state index in [1.807, 2.05) is 6.92 Å². The summed E-state index contributed by atoms with van der Waals surface area (Å²) in [7, 11) is 0. The highest BCUT2D eigenvalue weighted by atomic mass is 14.7. The molecule has 1 saturated carbocycles. The zero-order valence-corrected chi connectivity index (χ0v) is 12.3. The Balaban J connectivity index is 1.76. The van der Waals surface area contributed by atoms with Crippen LogP contribution in [0.15, 0.2) is 30.3 Å². The van der Waals surface area contributed by atoms with Crippen molar-refractivity contribution in [3.63, 3.8) is 0 Å². The van der Waals surface area contributed by atoms with E-state index in [1.165, 1.54) is 43.1 Å². The summed E-state index contributed by atoms with van der Waals surface area (Å²) >= 11 is 0. The molecule has 1 aliphatic carbocycles. The molecule has 2 nitrogen and oxygen atoms in total. The summed E-state index contributed by atoms with van der Waals surface area (Å²) in [6, 6.07) is 10.9. The number of aromatic nitrogens is 1. The Bertz CT molecular complexity index is 585. The molecular weight excluding hydrogens is 244 g/mol. The third kappa shape index (κ3) is 3.01. The fraction of sp³-hybridized carbons (Fsp3) is 0.500. The van der Waals surface area contributed by atoms with Crippen molar-refractivity contribution >= 4 is 10.9 Å². The number of pyridine rings is 1. The highest BCUT2D eigenvalue weighted by Crippen LogP contribution is 2.31. The van der Waals surface area contributed by atoms with Gasteiger partial charge < -0.3 is 5.73 Å². The van der Waals surface area contributed by atoms with Crippen molar-refractivity contribution < 1.29 is 0 Å². The van der Waals surface area contributed by atoms with E-state index in [0.29, 0.717) is 0 Å². The summed E-state index contributed by atoms with van der Waals surface area (Å²) in [5.74, 6) is 0.825. The van der Waals surface area contributed by atoms with Crippen LogP contribution in [0.3, 0.4) is 0 Å². The molecular formula is C18H24N2. The van der Waals surface area contributed by atoms with Crippen LogP contribution in [0.1, 0.15) is 55.8 Å². The number of fused-ring (bicyclic) bond motifs is 1. The van der Waals surface area contributed by atoms with Gasteiger partial charge >= 0.3 is 0 Å². The van der Waals surface area contributed by atoms with Crippen LogP contribution in [0.4, 0.5) is 0 Å². The van der Waals surface area contributed by atoms with Crippen molar-refractivity contribution in [3.8, 4) is 0 Å². The predicted octanol–water partition coefficient (Wildman–Crippen LogP) is 4.51. The smallest absolute Gasteiger partial charge is 0.0705 e. The van der Waals surface area contributed by atoms with E-state index < -0.39 is 0 Å². The van der Waals surface area contributed by atoms with Gasteiger partial charge in [0.25, 0.3) is 0 Å². The molecule has 0 amide bonds. The lowest BCUT2D eigenvalue weighted by molar-refractivity contribution is 0.319. The molecule has 3 rings (SSSR count). The van der Waals surface area contributed by atoms with Gasteiger partial charge in [-0.25, -0.2) is 0 Å². The average Bonchev–Trinajstić information content (AvgIpc) is 2.47. The SMILES string of the molecule is Cc1ccc2cc(C(N)CC3CCCCC3)ccc2n1. The van der Waals surface area contributed by atoms with Gasteiger partial charge in [-0.15, -0.1) is 0 Å². The lowest BCUT2D eigenvalue weighted by Crippen LogP contribution is -2.17. The molecule has 1 heterocycles. The molecule has 1 aromatic heterocycles. The van der Waals surface area contributed by atoms with Gasteiger partial charge in [-0.2, -0.15) is 0 Å². The van der Waals surface area contributed by atoms with Gasteiger partial charge in [0.15, 0.2) is 0 Å². The van der Waals surface area contributed by atoms with E-state index in [-0.39, 0.29) is 6.04 Å². The average molecular weight is 268 g/mol. The number of nitrogens with zero attached hydrogens (tertiary/aromatic N) is 1. The number of aryl methyl sites for hydroxylation is 1. The van der Waals surface area contributed by atoms with Crippen LogP contribution in [0.25, 0.3) is 10.9 Å². The number of nitrogens with two attached hydrogens (primary N) is 1. The van der Waals surface area contributed by atoms with Gasteiger partial charge in [0.05, 0.1) is 5.52 Å². The summed E-state index contributed by atoms with van der Waals surface area (Å²) in [6.45, 7) is 2.03. The Morgan fingerprint density at radius 2 is 1.95 bits per heavy atom. The lowest BCUT2D eigenvalue weighted by atomic mass is 9.83. The maximum absolute atomic E-state index is 6.43. The molecule has 1 aliphatic rings. The number of rotatable bonds is 3. The topological polar surface area (TPSA) is 38.9 Å². The van der Waals surface area contributed by atoms with Gasteiger partial charge in [-0.05, 0) is 43.0 Å².